The van der Waals surface area contributed by atoms with Crippen LogP contribution in [-0.4, -0.2) is 49.9 Å². The van der Waals surface area contributed by atoms with Crippen LogP contribution in [0.3, 0.4) is 0 Å². The zero-order valence-electron chi connectivity index (χ0n) is 21.4. The SMILES string of the molecule is COC(=O)c1ccc(C#C[C@H]2C[C@H](OC(=O)c3ccc(C)cc3)[C@@H](COC(=O)c3ccc(C)cc3)O2)cc1. The average molecular weight is 513 g/mol. The van der Waals surface area contributed by atoms with Crippen molar-refractivity contribution in [1.29, 1.82) is 0 Å². The Labute approximate surface area is 221 Å². The van der Waals surface area contributed by atoms with Crippen molar-refractivity contribution in [3.63, 3.8) is 0 Å². The molecule has 38 heavy (non-hydrogen) atoms. The van der Waals surface area contributed by atoms with E-state index >= 15 is 0 Å². The average Bonchev–Trinajstić information content (AvgIpc) is 3.32. The number of esters is 3. The second kappa shape index (κ2) is 12.2. The number of methoxy groups -OCH3 is 1. The Hall–Kier alpha value is -4.41. The van der Waals surface area contributed by atoms with E-state index in [0.717, 1.165) is 11.1 Å². The van der Waals surface area contributed by atoms with Crippen molar-refractivity contribution in [1.82, 2.24) is 0 Å². The van der Waals surface area contributed by atoms with Gasteiger partial charge in [0, 0.05) is 12.0 Å². The van der Waals surface area contributed by atoms with E-state index in [-0.39, 0.29) is 6.61 Å². The van der Waals surface area contributed by atoms with Crippen molar-refractivity contribution in [2.75, 3.05) is 13.7 Å². The summed E-state index contributed by atoms with van der Waals surface area (Å²) in [7, 11) is 1.32. The predicted molar refractivity (Wildman–Crippen MR) is 140 cm³/mol. The van der Waals surface area contributed by atoms with Crippen molar-refractivity contribution >= 4 is 17.9 Å². The molecule has 1 aliphatic heterocycles. The molecule has 0 unspecified atom stereocenters. The molecule has 3 aromatic carbocycles. The third-order valence-electron chi connectivity index (χ3n) is 6.10. The Kier molecular flexibility index (Phi) is 8.57. The maximum absolute atomic E-state index is 12.8. The van der Waals surface area contributed by atoms with Gasteiger partial charge in [0.25, 0.3) is 0 Å². The fraction of sp³-hybridized carbons (Fsp3) is 0.258. The fourth-order valence-corrected chi connectivity index (χ4v) is 3.88. The molecule has 0 bridgehead atoms. The highest BCUT2D eigenvalue weighted by Crippen LogP contribution is 2.25. The molecule has 1 saturated heterocycles. The number of ether oxygens (including phenoxy) is 4. The molecule has 0 amide bonds. The highest BCUT2D eigenvalue weighted by Gasteiger charge is 2.38. The van der Waals surface area contributed by atoms with Crippen LogP contribution in [0.15, 0.2) is 72.8 Å². The van der Waals surface area contributed by atoms with Crippen LogP contribution in [0.1, 0.15) is 54.2 Å². The summed E-state index contributed by atoms with van der Waals surface area (Å²) < 4.78 is 22.0. The third kappa shape index (κ3) is 6.87. The minimum absolute atomic E-state index is 0.0927. The number of benzene rings is 3. The van der Waals surface area contributed by atoms with Gasteiger partial charge in [0.15, 0.2) is 0 Å². The van der Waals surface area contributed by atoms with Crippen molar-refractivity contribution < 1.29 is 33.3 Å². The Balaban J connectivity index is 1.45. The number of carbonyl (C=O) groups is 3. The molecule has 0 aromatic heterocycles. The molecule has 0 radical (unpaired) electrons. The molecule has 1 aliphatic rings. The normalized spacial score (nSPS) is 18.1. The van der Waals surface area contributed by atoms with E-state index in [0.29, 0.717) is 28.7 Å². The molecule has 1 fully saturated rings. The van der Waals surface area contributed by atoms with Crippen molar-refractivity contribution in [3.8, 4) is 11.8 Å². The monoisotopic (exact) mass is 512 g/mol. The van der Waals surface area contributed by atoms with Crippen LogP contribution in [0.2, 0.25) is 0 Å². The van der Waals surface area contributed by atoms with E-state index in [2.05, 4.69) is 11.8 Å². The van der Waals surface area contributed by atoms with Crippen molar-refractivity contribution in [3.05, 3.63) is 106 Å². The standard InChI is InChI=1S/C31H28O7/c1-20-4-11-24(12-5-20)30(33)36-19-28-27(38-31(34)25-13-6-21(2)7-14-25)18-26(37-28)17-10-22-8-15-23(16-9-22)29(32)35-3/h4-9,11-16,26-28H,18-19H2,1-3H3/t26-,27-,28+/m0/s1. The summed E-state index contributed by atoms with van der Waals surface area (Å²) in [6, 6.07) is 20.8. The van der Waals surface area contributed by atoms with Gasteiger partial charge in [-0.2, -0.15) is 0 Å². The first-order valence-electron chi connectivity index (χ1n) is 12.2. The van der Waals surface area contributed by atoms with Gasteiger partial charge < -0.3 is 18.9 Å². The van der Waals surface area contributed by atoms with E-state index < -0.39 is 36.2 Å². The number of hydrogen-bond donors (Lipinski definition) is 0. The van der Waals surface area contributed by atoms with Gasteiger partial charge in [-0.05, 0) is 62.4 Å². The summed E-state index contributed by atoms with van der Waals surface area (Å²) in [4.78, 5) is 37.0. The first kappa shape index (κ1) is 26.6. The minimum atomic E-state index is -0.681. The number of rotatable bonds is 6. The van der Waals surface area contributed by atoms with Crippen LogP contribution in [0.5, 0.6) is 0 Å². The second-order valence-corrected chi connectivity index (χ2v) is 9.01. The van der Waals surface area contributed by atoms with Crippen LogP contribution >= 0.6 is 0 Å². The molecule has 4 rings (SSSR count). The highest BCUT2D eigenvalue weighted by atomic mass is 16.6. The van der Waals surface area contributed by atoms with Gasteiger partial charge in [-0.15, -0.1) is 0 Å². The van der Waals surface area contributed by atoms with Crippen LogP contribution in [0.25, 0.3) is 0 Å². The summed E-state index contributed by atoms with van der Waals surface area (Å²) in [5.41, 5.74) is 4.02. The number of aryl methyl sites for hydroxylation is 2. The molecule has 7 heteroatoms. The number of hydrogen-bond acceptors (Lipinski definition) is 7. The molecule has 194 valence electrons. The summed E-state index contributed by atoms with van der Waals surface area (Å²) >= 11 is 0. The number of carbonyl (C=O) groups excluding carboxylic acids is 3. The molecule has 0 saturated carbocycles. The van der Waals surface area contributed by atoms with E-state index in [1.54, 1.807) is 48.5 Å². The highest BCUT2D eigenvalue weighted by molar-refractivity contribution is 5.90. The van der Waals surface area contributed by atoms with Gasteiger partial charge in [-0.25, -0.2) is 14.4 Å². The lowest BCUT2D eigenvalue weighted by molar-refractivity contribution is -0.0348. The van der Waals surface area contributed by atoms with Crippen LogP contribution in [0.4, 0.5) is 0 Å². The largest absolute Gasteiger partial charge is 0.465 e. The summed E-state index contributed by atoms with van der Waals surface area (Å²) in [5, 5.41) is 0. The Morgan fingerprint density at radius 3 is 1.89 bits per heavy atom. The molecule has 0 aliphatic carbocycles. The quantitative estimate of drug-likeness (QED) is 0.269. The van der Waals surface area contributed by atoms with E-state index in [9.17, 15) is 14.4 Å². The smallest absolute Gasteiger partial charge is 0.338 e. The molecule has 3 aromatic rings. The van der Waals surface area contributed by atoms with E-state index in [1.807, 2.05) is 38.1 Å². The zero-order chi connectivity index (χ0) is 27.1. The minimum Gasteiger partial charge on any atom is -0.465 e. The van der Waals surface area contributed by atoms with Gasteiger partial charge in [-0.1, -0.05) is 47.2 Å². The topological polar surface area (TPSA) is 88.1 Å². The maximum Gasteiger partial charge on any atom is 0.338 e. The molecular formula is C31H28O7. The van der Waals surface area contributed by atoms with Crippen LogP contribution in [-0.2, 0) is 18.9 Å². The Bertz CT molecular complexity index is 1350. The first-order valence-corrected chi connectivity index (χ1v) is 12.2. The lowest BCUT2D eigenvalue weighted by atomic mass is 10.1. The lowest BCUT2D eigenvalue weighted by Crippen LogP contribution is -2.32. The van der Waals surface area contributed by atoms with Gasteiger partial charge >= 0.3 is 17.9 Å². The maximum atomic E-state index is 12.8. The van der Waals surface area contributed by atoms with Crippen LogP contribution < -0.4 is 0 Å². The van der Waals surface area contributed by atoms with Gasteiger partial charge in [-0.3, -0.25) is 0 Å². The summed E-state index contributed by atoms with van der Waals surface area (Å²) in [6.07, 6.45) is -1.57. The molecule has 7 nitrogen and oxygen atoms in total. The predicted octanol–water partition coefficient (Wildman–Crippen LogP) is 4.68. The fourth-order valence-electron chi connectivity index (χ4n) is 3.88. The van der Waals surface area contributed by atoms with Crippen molar-refractivity contribution in [2.45, 2.75) is 38.6 Å². The molecule has 0 N–H and O–H groups in total. The Morgan fingerprint density at radius 2 is 1.32 bits per heavy atom. The van der Waals surface area contributed by atoms with E-state index in [1.165, 1.54) is 7.11 Å². The van der Waals surface area contributed by atoms with E-state index in [4.69, 9.17) is 18.9 Å². The van der Waals surface area contributed by atoms with Gasteiger partial charge in [0.05, 0.1) is 23.8 Å². The third-order valence-corrected chi connectivity index (χ3v) is 6.10. The molecular weight excluding hydrogens is 484 g/mol. The van der Waals surface area contributed by atoms with Crippen LogP contribution in [0, 0.1) is 25.7 Å². The first-order chi connectivity index (χ1) is 18.3. The molecule has 3 atom stereocenters. The molecule has 1 heterocycles. The zero-order valence-corrected chi connectivity index (χ0v) is 21.4. The lowest BCUT2D eigenvalue weighted by Gasteiger charge is -2.19. The second-order valence-electron chi connectivity index (χ2n) is 9.01. The Morgan fingerprint density at radius 1 is 0.789 bits per heavy atom. The van der Waals surface area contributed by atoms with Gasteiger partial charge in [0.2, 0.25) is 0 Å². The summed E-state index contributed by atoms with van der Waals surface area (Å²) in [5.74, 6) is 4.67. The molecule has 0 spiro atoms. The summed E-state index contributed by atoms with van der Waals surface area (Å²) in [6.45, 7) is 3.78. The van der Waals surface area contributed by atoms with Gasteiger partial charge in [0.1, 0.15) is 24.9 Å². The van der Waals surface area contributed by atoms with Crippen molar-refractivity contribution in [2.24, 2.45) is 0 Å².